The molecule has 2 aromatic heterocycles. The Hall–Kier alpha value is -1.88. The minimum absolute atomic E-state index is 0.0334. The summed E-state index contributed by atoms with van der Waals surface area (Å²) in [6.07, 6.45) is 6.24. The number of nitrogens with zero attached hydrogens (tertiary/aromatic N) is 3. The Morgan fingerprint density at radius 1 is 1.29 bits per heavy atom. The van der Waals surface area contributed by atoms with Crippen LogP contribution in [0.15, 0.2) is 18.3 Å². The zero-order valence-corrected chi connectivity index (χ0v) is 18.1. The molecule has 0 bridgehead atoms. The Morgan fingerprint density at radius 2 is 2.00 bits per heavy atom. The van der Waals surface area contributed by atoms with E-state index >= 15 is 0 Å². The number of aromatic nitrogens is 2. The van der Waals surface area contributed by atoms with Crippen molar-refractivity contribution in [2.24, 2.45) is 5.92 Å². The quantitative estimate of drug-likeness (QED) is 0.737. The van der Waals surface area contributed by atoms with Crippen molar-refractivity contribution in [1.29, 1.82) is 0 Å². The van der Waals surface area contributed by atoms with E-state index in [0.717, 1.165) is 68.9 Å². The highest BCUT2D eigenvalue weighted by Gasteiger charge is 2.27. The summed E-state index contributed by atoms with van der Waals surface area (Å²) in [5, 5.41) is 0. The van der Waals surface area contributed by atoms with Gasteiger partial charge in [0.05, 0.1) is 5.69 Å². The number of pyridine rings is 1. The molecule has 3 heterocycles. The van der Waals surface area contributed by atoms with E-state index in [4.69, 9.17) is 9.72 Å². The fourth-order valence-corrected chi connectivity index (χ4v) is 4.10. The van der Waals surface area contributed by atoms with E-state index in [1.54, 1.807) is 0 Å². The lowest BCUT2D eigenvalue weighted by Crippen LogP contribution is -2.31. The molecule has 0 spiro atoms. The number of ether oxygens (including phenoxy) is 1. The molecule has 1 saturated heterocycles. The van der Waals surface area contributed by atoms with Gasteiger partial charge in [-0.25, -0.2) is 4.98 Å². The van der Waals surface area contributed by atoms with Crippen LogP contribution < -0.4 is 0 Å². The van der Waals surface area contributed by atoms with Crippen LogP contribution in [0.25, 0.3) is 5.65 Å². The fourth-order valence-electron chi connectivity index (χ4n) is 4.10. The Labute approximate surface area is 169 Å². The Morgan fingerprint density at radius 3 is 2.61 bits per heavy atom. The first-order chi connectivity index (χ1) is 13.3. The first-order valence-corrected chi connectivity index (χ1v) is 10.7. The van der Waals surface area contributed by atoms with Crippen molar-refractivity contribution < 1.29 is 9.53 Å². The molecule has 1 aliphatic heterocycles. The number of hydrogen-bond donors (Lipinski definition) is 0. The van der Waals surface area contributed by atoms with E-state index in [0.29, 0.717) is 5.92 Å². The van der Waals surface area contributed by atoms with Gasteiger partial charge in [0, 0.05) is 49.2 Å². The van der Waals surface area contributed by atoms with Gasteiger partial charge in [-0.05, 0) is 50.7 Å². The predicted molar refractivity (Wildman–Crippen MR) is 113 cm³/mol. The van der Waals surface area contributed by atoms with E-state index in [9.17, 15) is 4.79 Å². The molecule has 0 aliphatic carbocycles. The summed E-state index contributed by atoms with van der Waals surface area (Å²) in [7, 11) is 0. The second-order valence-electron chi connectivity index (χ2n) is 8.95. The molecule has 28 heavy (non-hydrogen) atoms. The predicted octanol–water partition coefficient (Wildman–Crippen LogP) is 4.47. The maximum absolute atomic E-state index is 12.9. The molecule has 0 unspecified atom stereocenters. The van der Waals surface area contributed by atoms with Gasteiger partial charge in [0.25, 0.3) is 5.91 Å². The molecule has 2 aromatic rings. The molecule has 5 heteroatoms. The van der Waals surface area contributed by atoms with Crippen LogP contribution in [0.4, 0.5) is 0 Å². The van der Waals surface area contributed by atoms with Crippen LogP contribution in [0.3, 0.4) is 0 Å². The van der Waals surface area contributed by atoms with Crippen molar-refractivity contribution in [2.75, 3.05) is 26.3 Å². The third-order valence-electron chi connectivity index (χ3n) is 5.67. The van der Waals surface area contributed by atoms with Gasteiger partial charge in [0.15, 0.2) is 0 Å². The molecule has 0 N–H and O–H groups in total. The van der Waals surface area contributed by atoms with E-state index in [1.165, 1.54) is 5.69 Å². The topological polar surface area (TPSA) is 46.8 Å². The van der Waals surface area contributed by atoms with Crippen LogP contribution in [-0.4, -0.2) is 46.5 Å². The molecule has 3 rings (SSSR count). The van der Waals surface area contributed by atoms with Gasteiger partial charge in [-0.1, -0.05) is 27.7 Å². The van der Waals surface area contributed by atoms with Gasteiger partial charge >= 0.3 is 0 Å². The Bertz CT molecular complexity index is 813. The van der Waals surface area contributed by atoms with Crippen LogP contribution in [0.2, 0.25) is 0 Å². The monoisotopic (exact) mass is 385 g/mol. The summed E-state index contributed by atoms with van der Waals surface area (Å²) >= 11 is 0. The summed E-state index contributed by atoms with van der Waals surface area (Å²) < 4.78 is 7.73. The third kappa shape index (κ3) is 4.40. The summed E-state index contributed by atoms with van der Waals surface area (Å²) in [6.45, 7) is 14.0. The number of rotatable bonds is 6. The summed E-state index contributed by atoms with van der Waals surface area (Å²) in [5.41, 5.74) is 4.00. The average molecular weight is 386 g/mol. The SMILES string of the molecule is CCCN(CC)C(=O)c1ccn2c(CC3CCOCC3)c(C(C)(C)C)nc2c1. The van der Waals surface area contributed by atoms with Crippen LogP contribution in [0, 0.1) is 5.92 Å². The summed E-state index contributed by atoms with van der Waals surface area (Å²) in [4.78, 5) is 19.8. The molecular weight excluding hydrogens is 350 g/mol. The largest absolute Gasteiger partial charge is 0.381 e. The second kappa shape index (κ2) is 8.64. The Balaban J connectivity index is 1.98. The highest BCUT2D eigenvalue weighted by Crippen LogP contribution is 2.30. The van der Waals surface area contributed by atoms with Crippen molar-refractivity contribution in [2.45, 2.75) is 65.7 Å². The zero-order valence-electron chi connectivity index (χ0n) is 18.1. The Kier molecular flexibility index (Phi) is 6.43. The van der Waals surface area contributed by atoms with Crippen molar-refractivity contribution in [3.63, 3.8) is 0 Å². The molecule has 154 valence electrons. The van der Waals surface area contributed by atoms with Gasteiger partial charge in [0.2, 0.25) is 0 Å². The van der Waals surface area contributed by atoms with Gasteiger partial charge < -0.3 is 14.0 Å². The maximum atomic E-state index is 12.9. The van der Waals surface area contributed by atoms with Crippen LogP contribution in [0.1, 0.15) is 75.6 Å². The smallest absolute Gasteiger partial charge is 0.254 e. The summed E-state index contributed by atoms with van der Waals surface area (Å²) in [5.74, 6) is 0.731. The lowest BCUT2D eigenvalue weighted by atomic mass is 9.86. The molecule has 5 nitrogen and oxygen atoms in total. The van der Waals surface area contributed by atoms with Crippen LogP contribution in [-0.2, 0) is 16.6 Å². The molecule has 0 saturated carbocycles. The number of carbonyl (C=O) groups excluding carboxylic acids is 1. The number of carbonyl (C=O) groups is 1. The maximum Gasteiger partial charge on any atom is 0.254 e. The number of hydrogen-bond acceptors (Lipinski definition) is 3. The van der Waals surface area contributed by atoms with Crippen molar-refractivity contribution in [3.05, 3.63) is 35.3 Å². The molecule has 1 aliphatic rings. The first kappa shape index (κ1) is 20.8. The molecule has 0 atom stereocenters. The molecule has 1 amide bonds. The van der Waals surface area contributed by atoms with E-state index in [1.807, 2.05) is 30.2 Å². The zero-order chi connectivity index (χ0) is 20.3. The lowest BCUT2D eigenvalue weighted by Gasteiger charge is -2.24. The molecule has 0 aromatic carbocycles. The number of imidazole rings is 1. The van der Waals surface area contributed by atoms with Crippen LogP contribution in [0.5, 0.6) is 0 Å². The summed E-state index contributed by atoms with van der Waals surface area (Å²) in [6, 6.07) is 3.92. The van der Waals surface area contributed by atoms with E-state index < -0.39 is 0 Å². The third-order valence-corrected chi connectivity index (χ3v) is 5.67. The van der Waals surface area contributed by atoms with Crippen molar-refractivity contribution >= 4 is 11.6 Å². The normalized spacial score (nSPS) is 15.9. The molecular formula is C23H35N3O2. The second-order valence-corrected chi connectivity index (χ2v) is 8.95. The van der Waals surface area contributed by atoms with E-state index in [2.05, 4.69) is 32.1 Å². The molecule has 1 fully saturated rings. The number of amides is 1. The van der Waals surface area contributed by atoms with Gasteiger partial charge in [0.1, 0.15) is 5.65 Å². The van der Waals surface area contributed by atoms with E-state index in [-0.39, 0.29) is 11.3 Å². The average Bonchev–Trinajstić information content (AvgIpc) is 3.04. The lowest BCUT2D eigenvalue weighted by molar-refractivity contribution is 0.0661. The van der Waals surface area contributed by atoms with Gasteiger partial charge in [-0.3, -0.25) is 4.79 Å². The van der Waals surface area contributed by atoms with Crippen molar-refractivity contribution in [3.8, 4) is 0 Å². The van der Waals surface area contributed by atoms with Gasteiger partial charge in [-0.2, -0.15) is 0 Å². The highest BCUT2D eigenvalue weighted by molar-refractivity contribution is 5.95. The van der Waals surface area contributed by atoms with Crippen LogP contribution >= 0.6 is 0 Å². The minimum Gasteiger partial charge on any atom is -0.381 e. The van der Waals surface area contributed by atoms with Gasteiger partial charge in [-0.15, -0.1) is 0 Å². The van der Waals surface area contributed by atoms with Crippen molar-refractivity contribution in [1.82, 2.24) is 14.3 Å². The highest BCUT2D eigenvalue weighted by atomic mass is 16.5. The first-order valence-electron chi connectivity index (χ1n) is 10.7. The minimum atomic E-state index is -0.0334. The number of fused-ring (bicyclic) bond motifs is 1. The molecule has 0 radical (unpaired) electrons. The standard InChI is InChI=1S/C23H35N3O2/c1-6-11-25(7-2)22(27)18-8-12-26-19(15-17-9-13-28-14-10-17)21(23(3,4)5)24-20(26)16-18/h8,12,16-17H,6-7,9-11,13-15H2,1-5H3. The fraction of sp³-hybridized carbons (Fsp3) is 0.652.